The maximum Gasteiger partial charge on any atom is 0.233 e. The molecule has 1 aliphatic heterocycles. The summed E-state index contributed by atoms with van der Waals surface area (Å²) >= 11 is 0. The van der Waals surface area contributed by atoms with Crippen LogP contribution >= 0.6 is 0 Å². The molecule has 0 bridgehead atoms. The van der Waals surface area contributed by atoms with Crippen molar-refractivity contribution in [2.75, 3.05) is 6.54 Å². The Morgan fingerprint density at radius 2 is 1.65 bits per heavy atom. The summed E-state index contributed by atoms with van der Waals surface area (Å²) in [7, 11) is 0. The van der Waals surface area contributed by atoms with Gasteiger partial charge in [0, 0.05) is 5.56 Å². The van der Waals surface area contributed by atoms with Crippen molar-refractivity contribution in [2.24, 2.45) is 17.8 Å². The van der Waals surface area contributed by atoms with Crippen LogP contribution in [0.1, 0.15) is 30.1 Å². The standard InChI is InChI=1S/C16H17NO3/c1-10-7-12-13(8-10)16(20)17(15(12)19)9-14(18)11-5-3-2-4-6-11/h2-6,10,12-13H,7-9H2,1H3. The van der Waals surface area contributed by atoms with Crippen LogP contribution in [0.15, 0.2) is 30.3 Å². The van der Waals surface area contributed by atoms with E-state index in [0.717, 1.165) is 17.7 Å². The molecule has 3 rings (SSSR count). The molecule has 104 valence electrons. The predicted octanol–water partition coefficient (Wildman–Crippen LogP) is 1.90. The van der Waals surface area contributed by atoms with Crippen LogP contribution < -0.4 is 0 Å². The third-order valence-electron chi connectivity index (χ3n) is 4.36. The Labute approximate surface area is 117 Å². The number of ketones is 1. The van der Waals surface area contributed by atoms with Crippen LogP contribution in [0, 0.1) is 17.8 Å². The van der Waals surface area contributed by atoms with Crippen LogP contribution in [-0.2, 0) is 9.59 Å². The van der Waals surface area contributed by atoms with E-state index in [2.05, 4.69) is 6.92 Å². The molecule has 2 fully saturated rings. The SMILES string of the molecule is CC1CC2C(=O)N(CC(=O)c3ccccc3)C(=O)C2C1. The molecule has 4 heteroatoms. The zero-order valence-electron chi connectivity index (χ0n) is 11.4. The molecule has 0 aromatic heterocycles. The van der Waals surface area contributed by atoms with Gasteiger partial charge in [0.05, 0.1) is 18.4 Å². The van der Waals surface area contributed by atoms with Gasteiger partial charge in [0.15, 0.2) is 5.78 Å². The minimum atomic E-state index is -0.193. The van der Waals surface area contributed by atoms with Crippen LogP contribution in [-0.4, -0.2) is 29.0 Å². The molecule has 0 radical (unpaired) electrons. The molecule has 1 aliphatic carbocycles. The topological polar surface area (TPSA) is 54.5 Å². The van der Waals surface area contributed by atoms with Crippen molar-refractivity contribution in [2.45, 2.75) is 19.8 Å². The van der Waals surface area contributed by atoms with E-state index in [1.807, 2.05) is 6.07 Å². The van der Waals surface area contributed by atoms with Gasteiger partial charge in [-0.05, 0) is 18.8 Å². The van der Waals surface area contributed by atoms with Crippen molar-refractivity contribution in [3.05, 3.63) is 35.9 Å². The number of fused-ring (bicyclic) bond motifs is 1. The molecule has 1 heterocycles. The molecule has 1 saturated carbocycles. The van der Waals surface area contributed by atoms with Crippen LogP contribution in [0.25, 0.3) is 0 Å². The Kier molecular flexibility index (Phi) is 3.16. The Bertz CT molecular complexity index is 542. The first-order valence-corrected chi connectivity index (χ1v) is 7.01. The number of hydrogen-bond acceptors (Lipinski definition) is 3. The number of amides is 2. The van der Waals surface area contributed by atoms with Gasteiger partial charge in [0.1, 0.15) is 0 Å². The molecule has 2 atom stereocenters. The number of carbonyl (C=O) groups excluding carboxylic acids is 3. The summed E-state index contributed by atoms with van der Waals surface area (Å²) < 4.78 is 0. The monoisotopic (exact) mass is 271 g/mol. The number of hydrogen-bond donors (Lipinski definition) is 0. The van der Waals surface area contributed by atoms with E-state index in [1.54, 1.807) is 24.3 Å². The number of likely N-dealkylation sites (tertiary alicyclic amines) is 1. The van der Waals surface area contributed by atoms with E-state index in [4.69, 9.17) is 0 Å². The third kappa shape index (κ3) is 2.05. The number of benzene rings is 1. The first kappa shape index (κ1) is 13.0. The van der Waals surface area contributed by atoms with E-state index >= 15 is 0 Å². The van der Waals surface area contributed by atoms with Gasteiger partial charge < -0.3 is 0 Å². The predicted molar refractivity (Wildman–Crippen MR) is 72.9 cm³/mol. The number of rotatable bonds is 3. The number of Topliss-reactive ketones (excluding diaryl/α,β-unsaturated/α-hetero) is 1. The maximum absolute atomic E-state index is 12.3. The van der Waals surface area contributed by atoms with Gasteiger partial charge in [0.25, 0.3) is 0 Å². The Morgan fingerprint density at radius 3 is 2.20 bits per heavy atom. The van der Waals surface area contributed by atoms with E-state index in [-0.39, 0.29) is 36.0 Å². The van der Waals surface area contributed by atoms with Gasteiger partial charge >= 0.3 is 0 Å². The average molecular weight is 271 g/mol. The van der Waals surface area contributed by atoms with Gasteiger partial charge in [-0.2, -0.15) is 0 Å². The number of carbonyl (C=O) groups is 3. The molecule has 1 aromatic rings. The third-order valence-corrected chi connectivity index (χ3v) is 4.36. The molecular weight excluding hydrogens is 254 g/mol. The van der Waals surface area contributed by atoms with Gasteiger partial charge in [-0.3, -0.25) is 19.3 Å². The Balaban J connectivity index is 1.75. The minimum absolute atomic E-state index is 0.122. The molecule has 2 unspecified atom stereocenters. The van der Waals surface area contributed by atoms with Crippen LogP contribution in [0.5, 0.6) is 0 Å². The second-order valence-corrected chi connectivity index (χ2v) is 5.84. The molecule has 2 aliphatic rings. The summed E-state index contributed by atoms with van der Waals surface area (Å²) in [4.78, 5) is 37.8. The summed E-state index contributed by atoms with van der Waals surface area (Å²) in [5.41, 5.74) is 0.540. The van der Waals surface area contributed by atoms with Crippen molar-refractivity contribution in [3.63, 3.8) is 0 Å². The fourth-order valence-corrected chi connectivity index (χ4v) is 3.36. The normalized spacial score (nSPS) is 28.9. The summed E-state index contributed by atoms with van der Waals surface area (Å²) in [6.07, 6.45) is 1.54. The molecule has 0 spiro atoms. The fraction of sp³-hybridized carbons (Fsp3) is 0.438. The molecule has 4 nitrogen and oxygen atoms in total. The summed E-state index contributed by atoms with van der Waals surface area (Å²) in [5, 5.41) is 0. The molecular formula is C16H17NO3. The molecule has 0 N–H and O–H groups in total. The van der Waals surface area contributed by atoms with Crippen LogP contribution in [0.4, 0.5) is 0 Å². The quantitative estimate of drug-likeness (QED) is 0.623. The summed E-state index contributed by atoms with van der Waals surface area (Å²) in [6.45, 7) is 1.95. The minimum Gasteiger partial charge on any atom is -0.292 e. The van der Waals surface area contributed by atoms with Gasteiger partial charge in [-0.15, -0.1) is 0 Å². The van der Waals surface area contributed by atoms with Crippen molar-refractivity contribution < 1.29 is 14.4 Å². The van der Waals surface area contributed by atoms with Gasteiger partial charge in [0.2, 0.25) is 11.8 Å². The summed E-state index contributed by atoms with van der Waals surface area (Å²) in [6, 6.07) is 8.79. The second kappa shape index (κ2) is 4.85. The lowest BCUT2D eigenvalue weighted by Gasteiger charge is -2.15. The highest BCUT2D eigenvalue weighted by Gasteiger charge is 2.51. The highest BCUT2D eigenvalue weighted by molar-refractivity contribution is 6.10. The zero-order chi connectivity index (χ0) is 14.3. The zero-order valence-corrected chi connectivity index (χ0v) is 11.4. The van der Waals surface area contributed by atoms with Crippen molar-refractivity contribution in [3.8, 4) is 0 Å². The highest BCUT2D eigenvalue weighted by Crippen LogP contribution is 2.42. The lowest BCUT2D eigenvalue weighted by atomic mass is 10.00. The van der Waals surface area contributed by atoms with Crippen LogP contribution in [0.3, 0.4) is 0 Å². The largest absolute Gasteiger partial charge is 0.292 e. The van der Waals surface area contributed by atoms with E-state index in [0.29, 0.717) is 11.5 Å². The lowest BCUT2D eigenvalue weighted by molar-refractivity contribution is -0.139. The molecule has 1 saturated heterocycles. The molecule has 1 aromatic carbocycles. The lowest BCUT2D eigenvalue weighted by Crippen LogP contribution is -2.36. The fourth-order valence-electron chi connectivity index (χ4n) is 3.36. The smallest absolute Gasteiger partial charge is 0.233 e. The van der Waals surface area contributed by atoms with Gasteiger partial charge in [-0.1, -0.05) is 37.3 Å². The van der Waals surface area contributed by atoms with Crippen molar-refractivity contribution >= 4 is 17.6 Å². The Hall–Kier alpha value is -1.97. The first-order chi connectivity index (χ1) is 9.58. The molecule has 20 heavy (non-hydrogen) atoms. The van der Waals surface area contributed by atoms with Crippen molar-refractivity contribution in [1.82, 2.24) is 4.90 Å². The van der Waals surface area contributed by atoms with Crippen molar-refractivity contribution in [1.29, 1.82) is 0 Å². The number of nitrogens with zero attached hydrogens (tertiary/aromatic N) is 1. The van der Waals surface area contributed by atoms with E-state index < -0.39 is 0 Å². The highest BCUT2D eigenvalue weighted by atomic mass is 16.2. The second-order valence-electron chi connectivity index (χ2n) is 5.84. The average Bonchev–Trinajstić information content (AvgIpc) is 2.93. The summed E-state index contributed by atoms with van der Waals surface area (Å²) in [5.74, 6) is -0.463. The van der Waals surface area contributed by atoms with Gasteiger partial charge in [-0.25, -0.2) is 0 Å². The molecule has 2 amide bonds. The van der Waals surface area contributed by atoms with Crippen LogP contribution in [0.2, 0.25) is 0 Å². The number of imide groups is 1. The first-order valence-electron chi connectivity index (χ1n) is 7.01. The Morgan fingerprint density at radius 1 is 1.10 bits per heavy atom. The maximum atomic E-state index is 12.3. The van der Waals surface area contributed by atoms with E-state index in [1.165, 1.54) is 0 Å². The van der Waals surface area contributed by atoms with E-state index in [9.17, 15) is 14.4 Å².